The van der Waals surface area contributed by atoms with Crippen LogP contribution < -0.4 is 49.6 Å². The van der Waals surface area contributed by atoms with Crippen molar-refractivity contribution < 1.29 is 86.2 Å². The van der Waals surface area contributed by atoms with E-state index in [0.717, 1.165) is 0 Å². The molecule has 0 nitrogen and oxygen atoms in total. The Morgan fingerprint density at radius 3 is 0.500 bits per heavy atom. The summed E-state index contributed by atoms with van der Waals surface area (Å²) in [5, 5.41) is 0. The molecule has 0 fully saturated rings. The van der Waals surface area contributed by atoms with Crippen LogP contribution in [0.2, 0.25) is 0 Å². The molecule has 0 bridgehead atoms. The van der Waals surface area contributed by atoms with E-state index in [4.69, 9.17) is 0 Å². The van der Waals surface area contributed by atoms with E-state index in [1.54, 1.807) is 0 Å². The van der Waals surface area contributed by atoms with Gasteiger partial charge in [0.2, 0.25) is 0 Å². The summed E-state index contributed by atoms with van der Waals surface area (Å²) in [5.74, 6) is 0. The van der Waals surface area contributed by atoms with Crippen LogP contribution >= 0.6 is 0 Å². The second-order valence-electron chi connectivity index (χ2n) is 0. The van der Waals surface area contributed by atoms with Gasteiger partial charge in [-0.2, -0.15) is 0 Å². The maximum atomic E-state index is 0. The second kappa shape index (κ2) is 54.7. The molecule has 0 atom stereocenters. The molecule has 0 rings (SSSR count). The SMILES string of the molecule is [Cl-].[Cl-].[Cl-].[Cl-].[Mn+2].[Zn+2]. The molecule has 0 aromatic heterocycles. The normalized spacial score (nSPS) is 0. The molecule has 0 aliphatic carbocycles. The predicted molar refractivity (Wildman–Crippen MR) is 0 cm³/mol. The zero-order valence-corrected chi connectivity index (χ0v) is 9.77. The summed E-state index contributed by atoms with van der Waals surface area (Å²) in [6.45, 7) is 0. The van der Waals surface area contributed by atoms with Crippen molar-refractivity contribution >= 4 is 0 Å². The molecule has 6 heavy (non-hydrogen) atoms. The largest absolute Gasteiger partial charge is 2.00 e. The standard InChI is InChI=1S/4ClH.Mn.Zn/h4*1H;;/q;;;;2*+2/p-4. The molecule has 37 valence electrons. The zero-order chi connectivity index (χ0) is 0. The number of hydrogen-bond donors (Lipinski definition) is 0. The summed E-state index contributed by atoms with van der Waals surface area (Å²) >= 11 is 0. The molecule has 0 aliphatic heterocycles. The van der Waals surface area contributed by atoms with Gasteiger partial charge in [-0.05, 0) is 0 Å². The summed E-state index contributed by atoms with van der Waals surface area (Å²) in [4.78, 5) is 0. The molecule has 0 heterocycles. The zero-order valence-electron chi connectivity index (χ0n) is 2.60. The van der Waals surface area contributed by atoms with Gasteiger partial charge in [-0.25, -0.2) is 0 Å². The van der Waals surface area contributed by atoms with E-state index >= 15 is 0 Å². The first kappa shape index (κ1) is 83.5. The molecule has 0 saturated carbocycles. The van der Waals surface area contributed by atoms with Crippen LogP contribution in [0.3, 0.4) is 0 Å². The van der Waals surface area contributed by atoms with Crippen LogP contribution in [-0.2, 0) is 36.5 Å². The van der Waals surface area contributed by atoms with E-state index in [1.807, 2.05) is 0 Å². The van der Waals surface area contributed by atoms with Gasteiger partial charge in [0, 0.05) is 0 Å². The molecule has 0 aromatic rings. The van der Waals surface area contributed by atoms with Gasteiger partial charge in [0.15, 0.2) is 0 Å². The van der Waals surface area contributed by atoms with Gasteiger partial charge in [-0.3, -0.25) is 0 Å². The predicted octanol–water partition coefficient (Wildman–Crippen LogP) is -12.0. The molecule has 0 unspecified atom stereocenters. The quantitative estimate of drug-likeness (QED) is 0.380. The third-order valence-electron chi connectivity index (χ3n) is 0. The number of rotatable bonds is 0. The van der Waals surface area contributed by atoms with Crippen LogP contribution in [0, 0.1) is 0 Å². The van der Waals surface area contributed by atoms with Gasteiger partial charge in [0.05, 0.1) is 0 Å². The maximum absolute atomic E-state index is 0. The molecule has 6 heteroatoms. The molecular formula is Cl4MnZn. The summed E-state index contributed by atoms with van der Waals surface area (Å²) in [5.41, 5.74) is 0. The first-order valence-electron chi connectivity index (χ1n) is 0. The molecule has 1 radical (unpaired) electrons. The van der Waals surface area contributed by atoms with Gasteiger partial charge < -0.3 is 49.6 Å². The average molecular weight is 262 g/mol. The Morgan fingerprint density at radius 2 is 0.500 bits per heavy atom. The van der Waals surface area contributed by atoms with Crippen LogP contribution in [0.25, 0.3) is 0 Å². The van der Waals surface area contributed by atoms with Crippen LogP contribution in [-0.4, -0.2) is 0 Å². The molecule has 0 N–H and O–H groups in total. The molecule has 0 spiro atoms. The summed E-state index contributed by atoms with van der Waals surface area (Å²) < 4.78 is 0. The van der Waals surface area contributed by atoms with Crippen LogP contribution in [0.4, 0.5) is 0 Å². The Balaban J connectivity index is 0. The van der Waals surface area contributed by atoms with E-state index in [-0.39, 0.29) is 86.2 Å². The van der Waals surface area contributed by atoms with E-state index in [9.17, 15) is 0 Å². The van der Waals surface area contributed by atoms with Crippen molar-refractivity contribution in [3.05, 3.63) is 0 Å². The third kappa shape index (κ3) is 33.4. The molecular weight excluding hydrogens is 262 g/mol. The summed E-state index contributed by atoms with van der Waals surface area (Å²) in [6.07, 6.45) is 0. The van der Waals surface area contributed by atoms with Crippen molar-refractivity contribution in [2.75, 3.05) is 0 Å². The van der Waals surface area contributed by atoms with Gasteiger partial charge in [-0.15, -0.1) is 0 Å². The van der Waals surface area contributed by atoms with Crippen molar-refractivity contribution in [1.82, 2.24) is 0 Å². The Hall–Kier alpha value is 2.30. The monoisotopic (exact) mass is 259 g/mol. The Morgan fingerprint density at radius 1 is 0.500 bits per heavy atom. The van der Waals surface area contributed by atoms with E-state index in [1.165, 1.54) is 0 Å². The van der Waals surface area contributed by atoms with E-state index in [0.29, 0.717) is 0 Å². The van der Waals surface area contributed by atoms with Crippen LogP contribution in [0.5, 0.6) is 0 Å². The van der Waals surface area contributed by atoms with Crippen LogP contribution in [0.1, 0.15) is 0 Å². The fraction of sp³-hybridized carbons (Fsp3) is 0. The maximum Gasteiger partial charge on any atom is 2.00 e. The fourth-order valence-corrected chi connectivity index (χ4v) is 0. The topological polar surface area (TPSA) is 0 Å². The third-order valence-corrected chi connectivity index (χ3v) is 0. The average Bonchev–Trinajstić information content (AvgIpc) is 0. The smallest absolute Gasteiger partial charge is 1.00 e. The van der Waals surface area contributed by atoms with Crippen molar-refractivity contribution in [1.29, 1.82) is 0 Å². The van der Waals surface area contributed by atoms with Crippen LogP contribution in [0.15, 0.2) is 0 Å². The second-order valence-corrected chi connectivity index (χ2v) is 0. The van der Waals surface area contributed by atoms with Crippen molar-refractivity contribution in [3.8, 4) is 0 Å². The minimum atomic E-state index is 0. The minimum Gasteiger partial charge on any atom is -1.00 e. The number of halogens is 4. The summed E-state index contributed by atoms with van der Waals surface area (Å²) in [6, 6.07) is 0. The molecule has 0 aromatic carbocycles. The van der Waals surface area contributed by atoms with E-state index in [2.05, 4.69) is 0 Å². The Bertz CT molecular complexity index is 7.51. The molecule has 0 saturated heterocycles. The van der Waals surface area contributed by atoms with Crippen molar-refractivity contribution in [3.63, 3.8) is 0 Å². The minimum absolute atomic E-state index is 0. The van der Waals surface area contributed by atoms with Crippen molar-refractivity contribution in [2.45, 2.75) is 0 Å². The van der Waals surface area contributed by atoms with Gasteiger partial charge in [0.1, 0.15) is 0 Å². The Kier molecular flexibility index (Phi) is 761. The van der Waals surface area contributed by atoms with Crippen molar-refractivity contribution in [2.24, 2.45) is 0 Å². The first-order valence-corrected chi connectivity index (χ1v) is 0. The fourth-order valence-electron chi connectivity index (χ4n) is 0. The summed E-state index contributed by atoms with van der Waals surface area (Å²) in [7, 11) is 0. The Labute approximate surface area is 85.5 Å². The first-order chi connectivity index (χ1) is 0. The molecule has 0 aliphatic rings. The van der Waals surface area contributed by atoms with Gasteiger partial charge in [-0.1, -0.05) is 0 Å². The number of hydrogen-bond acceptors (Lipinski definition) is 0. The van der Waals surface area contributed by atoms with Gasteiger partial charge in [0.25, 0.3) is 0 Å². The van der Waals surface area contributed by atoms with E-state index < -0.39 is 0 Å². The molecule has 0 amide bonds. The van der Waals surface area contributed by atoms with Gasteiger partial charge >= 0.3 is 36.5 Å².